The highest BCUT2D eigenvalue weighted by atomic mass is 79.9. The fraction of sp³-hybridized carbons (Fsp3) is 0.875. The molecule has 0 aromatic rings. The summed E-state index contributed by atoms with van der Waals surface area (Å²) in [5.41, 5.74) is 0. The Morgan fingerprint density at radius 1 is 0.727 bits per heavy atom. The van der Waals surface area contributed by atoms with Crippen molar-refractivity contribution in [2.45, 2.75) is 86.1 Å². The lowest BCUT2D eigenvalue weighted by Crippen LogP contribution is -2.31. The second-order valence-electron chi connectivity index (χ2n) is 6.16. The minimum Gasteiger partial charge on any atom is -0.461 e. The van der Waals surface area contributed by atoms with Crippen LogP contribution >= 0.6 is 31.9 Å². The topological polar surface area (TPSA) is 52.6 Å². The molecule has 4 nitrogen and oxygen atoms in total. The Bertz CT molecular complexity index is 352. The first-order chi connectivity index (χ1) is 10.6. The molecule has 0 aromatic carbocycles. The van der Waals surface area contributed by atoms with Crippen LogP contribution < -0.4 is 0 Å². The van der Waals surface area contributed by atoms with Crippen molar-refractivity contribution in [3.63, 3.8) is 0 Å². The number of carbonyl (C=O) groups excluding carboxylic acids is 2. The highest BCUT2D eigenvalue weighted by Gasteiger charge is 2.28. The van der Waals surface area contributed by atoms with E-state index < -0.39 is 0 Å². The minimum atomic E-state index is -0.299. The normalized spacial score (nSPS) is 32.3. The predicted octanol–water partition coefficient (Wildman–Crippen LogP) is 4.27. The van der Waals surface area contributed by atoms with E-state index in [9.17, 15) is 9.59 Å². The van der Waals surface area contributed by atoms with Crippen LogP contribution in [0.4, 0.5) is 0 Å². The second kappa shape index (κ2) is 9.26. The molecule has 0 saturated heterocycles. The third-order valence-electron chi connectivity index (χ3n) is 4.34. The smallest absolute Gasteiger partial charge is 0.306 e. The fourth-order valence-corrected chi connectivity index (χ4v) is 4.42. The summed E-state index contributed by atoms with van der Waals surface area (Å²) in [6.07, 6.45) is 8.51. The Labute approximate surface area is 148 Å². The lowest BCUT2D eigenvalue weighted by atomic mass is 9.97. The predicted molar refractivity (Wildman–Crippen MR) is 91.4 cm³/mol. The molecular formula is C16H24Br2O4. The van der Waals surface area contributed by atoms with E-state index in [4.69, 9.17) is 9.47 Å². The van der Waals surface area contributed by atoms with Crippen LogP contribution in [0, 0.1) is 0 Å². The molecule has 0 amide bonds. The summed E-state index contributed by atoms with van der Waals surface area (Å²) in [5.74, 6) is -0.598. The van der Waals surface area contributed by atoms with Gasteiger partial charge in [-0.1, -0.05) is 44.7 Å². The number of hydrogen-bond acceptors (Lipinski definition) is 4. The Morgan fingerprint density at radius 2 is 1.09 bits per heavy atom. The van der Waals surface area contributed by atoms with Crippen molar-refractivity contribution in [3.8, 4) is 0 Å². The third-order valence-corrected chi connectivity index (χ3v) is 6.44. The molecule has 0 N–H and O–H groups in total. The minimum absolute atomic E-state index is 0.0532. The first kappa shape index (κ1) is 18.2. The van der Waals surface area contributed by atoms with Gasteiger partial charge in [-0.25, -0.2) is 0 Å². The summed E-state index contributed by atoms with van der Waals surface area (Å²) in [6, 6.07) is 0. The van der Waals surface area contributed by atoms with Crippen LogP contribution in [0.15, 0.2) is 0 Å². The molecule has 0 aromatic heterocycles. The molecule has 126 valence electrons. The average molecular weight is 440 g/mol. The zero-order valence-corrected chi connectivity index (χ0v) is 15.9. The zero-order valence-electron chi connectivity index (χ0n) is 12.8. The van der Waals surface area contributed by atoms with E-state index >= 15 is 0 Å². The molecule has 0 radical (unpaired) electrons. The van der Waals surface area contributed by atoms with Gasteiger partial charge < -0.3 is 9.47 Å². The standard InChI is InChI=1S/C16H24Br2O4/c17-11-5-1-3-7-13(11)21-15(19)9-10-16(20)22-14-8-4-2-6-12(14)18/h11-14H,1-10H2/t11-,12-,13-,14-/m1/s1. The van der Waals surface area contributed by atoms with E-state index in [1.54, 1.807) is 0 Å². The molecule has 0 heterocycles. The van der Waals surface area contributed by atoms with E-state index in [0.717, 1.165) is 38.5 Å². The van der Waals surface area contributed by atoms with Gasteiger partial charge in [0.1, 0.15) is 12.2 Å². The van der Waals surface area contributed by atoms with Gasteiger partial charge in [0.2, 0.25) is 0 Å². The van der Waals surface area contributed by atoms with Crippen molar-refractivity contribution >= 4 is 43.8 Å². The van der Waals surface area contributed by atoms with Crippen molar-refractivity contribution in [2.24, 2.45) is 0 Å². The Morgan fingerprint density at radius 3 is 1.45 bits per heavy atom. The number of halogens is 2. The van der Waals surface area contributed by atoms with Gasteiger partial charge in [0, 0.05) is 0 Å². The number of hydrogen-bond donors (Lipinski definition) is 0. The molecule has 2 aliphatic rings. The third kappa shape index (κ3) is 5.84. The quantitative estimate of drug-likeness (QED) is 0.474. The summed E-state index contributed by atoms with van der Waals surface area (Å²) in [5, 5.41) is 0. The maximum Gasteiger partial charge on any atom is 0.306 e. The highest BCUT2D eigenvalue weighted by molar-refractivity contribution is 9.09. The lowest BCUT2D eigenvalue weighted by molar-refractivity contribution is -0.157. The van der Waals surface area contributed by atoms with Gasteiger partial charge >= 0.3 is 11.9 Å². The number of esters is 2. The first-order valence-electron chi connectivity index (χ1n) is 8.23. The fourth-order valence-electron chi connectivity index (χ4n) is 3.03. The van der Waals surface area contributed by atoms with Gasteiger partial charge in [0.05, 0.1) is 22.5 Å². The van der Waals surface area contributed by atoms with E-state index in [1.807, 2.05) is 0 Å². The van der Waals surface area contributed by atoms with Gasteiger partial charge in [0.15, 0.2) is 0 Å². The van der Waals surface area contributed by atoms with E-state index in [-0.39, 0.29) is 46.6 Å². The molecule has 2 aliphatic carbocycles. The van der Waals surface area contributed by atoms with Crippen molar-refractivity contribution in [1.29, 1.82) is 0 Å². The lowest BCUT2D eigenvalue weighted by Gasteiger charge is -2.27. The Hall–Kier alpha value is -0.100. The summed E-state index contributed by atoms with van der Waals surface area (Å²) in [4.78, 5) is 24.2. The van der Waals surface area contributed by atoms with Crippen LogP contribution in [0.3, 0.4) is 0 Å². The van der Waals surface area contributed by atoms with Gasteiger partial charge in [-0.2, -0.15) is 0 Å². The number of carbonyl (C=O) groups is 2. The summed E-state index contributed by atoms with van der Waals surface area (Å²) in [7, 11) is 0. The molecule has 2 saturated carbocycles. The largest absolute Gasteiger partial charge is 0.461 e. The maximum absolute atomic E-state index is 11.9. The van der Waals surface area contributed by atoms with Crippen LogP contribution in [-0.4, -0.2) is 33.8 Å². The molecule has 0 aliphatic heterocycles. The van der Waals surface area contributed by atoms with Crippen molar-refractivity contribution < 1.29 is 19.1 Å². The summed E-state index contributed by atoms with van der Waals surface area (Å²) < 4.78 is 10.9. The molecule has 6 heteroatoms. The Balaban J connectivity index is 1.65. The van der Waals surface area contributed by atoms with Crippen LogP contribution in [0.2, 0.25) is 0 Å². The van der Waals surface area contributed by atoms with E-state index in [0.29, 0.717) is 0 Å². The summed E-state index contributed by atoms with van der Waals surface area (Å²) in [6.45, 7) is 0. The van der Waals surface area contributed by atoms with Crippen LogP contribution in [-0.2, 0) is 19.1 Å². The monoisotopic (exact) mass is 438 g/mol. The SMILES string of the molecule is O=C(CCC(=O)O[C@@H]1CCCC[C@H]1Br)O[C@@H]1CCCC[C@H]1Br. The summed E-state index contributed by atoms with van der Waals surface area (Å²) >= 11 is 7.12. The highest BCUT2D eigenvalue weighted by Crippen LogP contribution is 2.28. The van der Waals surface area contributed by atoms with Crippen LogP contribution in [0.25, 0.3) is 0 Å². The van der Waals surface area contributed by atoms with Gasteiger partial charge in [-0.3, -0.25) is 9.59 Å². The number of alkyl halides is 2. The molecular weight excluding hydrogens is 416 g/mol. The number of ether oxygens (including phenoxy) is 2. The van der Waals surface area contributed by atoms with Gasteiger partial charge in [-0.15, -0.1) is 0 Å². The van der Waals surface area contributed by atoms with Crippen LogP contribution in [0.1, 0.15) is 64.2 Å². The van der Waals surface area contributed by atoms with Crippen molar-refractivity contribution in [2.75, 3.05) is 0 Å². The van der Waals surface area contributed by atoms with E-state index in [2.05, 4.69) is 31.9 Å². The molecule has 0 unspecified atom stereocenters. The Kier molecular flexibility index (Phi) is 7.68. The zero-order chi connectivity index (χ0) is 15.9. The molecule has 0 spiro atoms. The van der Waals surface area contributed by atoms with Gasteiger partial charge in [0.25, 0.3) is 0 Å². The molecule has 4 atom stereocenters. The molecule has 2 fully saturated rings. The van der Waals surface area contributed by atoms with Crippen LogP contribution in [0.5, 0.6) is 0 Å². The maximum atomic E-state index is 11.9. The molecule has 2 rings (SSSR count). The van der Waals surface area contributed by atoms with Crippen molar-refractivity contribution in [3.05, 3.63) is 0 Å². The van der Waals surface area contributed by atoms with E-state index in [1.165, 1.54) is 12.8 Å². The number of rotatable bonds is 5. The second-order valence-corrected chi connectivity index (χ2v) is 8.51. The van der Waals surface area contributed by atoms with Crippen molar-refractivity contribution in [1.82, 2.24) is 0 Å². The average Bonchev–Trinajstić information content (AvgIpc) is 2.50. The van der Waals surface area contributed by atoms with Gasteiger partial charge in [-0.05, 0) is 38.5 Å². The molecule has 22 heavy (non-hydrogen) atoms. The first-order valence-corrected chi connectivity index (χ1v) is 10.1. The molecule has 0 bridgehead atoms.